The van der Waals surface area contributed by atoms with Gasteiger partial charge in [-0.15, -0.1) is 0 Å². The first kappa shape index (κ1) is 21.9. The number of hydrogen-bond donors (Lipinski definition) is 2. The molecule has 1 amide bonds. The Hall–Kier alpha value is -3.91. The number of carbonyl (C=O) groups excluding carboxylic acids is 1. The first-order chi connectivity index (χ1) is 16.4. The zero-order chi connectivity index (χ0) is 23.8. The molecular weight excluding hydrogens is 450 g/mol. The zero-order valence-corrected chi connectivity index (χ0v) is 19.8. The molecule has 0 aliphatic carbocycles. The number of ether oxygens (including phenoxy) is 2. The van der Waals surface area contributed by atoms with Gasteiger partial charge in [-0.05, 0) is 92.1 Å². The van der Waals surface area contributed by atoms with Crippen molar-refractivity contribution in [1.82, 2.24) is 10.3 Å². The summed E-state index contributed by atoms with van der Waals surface area (Å²) >= 11 is 5.40. The van der Waals surface area contributed by atoms with E-state index in [-0.39, 0.29) is 11.0 Å². The zero-order valence-electron chi connectivity index (χ0n) is 19.0. The second-order valence-corrected chi connectivity index (χ2v) is 8.63. The fourth-order valence-corrected chi connectivity index (χ4v) is 3.91. The van der Waals surface area contributed by atoms with Crippen molar-refractivity contribution in [3.05, 3.63) is 70.8 Å². The van der Waals surface area contributed by atoms with Crippen LogP contribution >= 0.6 is 12.2 Å². The number of hydrogen-bond acceptors (Lipinski definition) is 6. The van der Waals surface area contributed by atoms with Crippen LogP contribution in [-0.2, 0) is 0 Å². The number of amides is 1. The topological polar surface area (TPSA) is 85.6 Å². The highest BCUT2D eigenvalue weighted by Gasteiger charge is 2.16. The van der Waals surface area contributed by atoms with Crippen LogP contribution in [0.3, 0.4) is 0 Å². The number of fused-ring (bicyclic) bond motifs is 2. The van der Waals surface area contributed by atoms with E-state index in [4.69, 9.17) is 26.1 Å². The van der Waals surface area contributed by atoms with Gasteiger partial charge in [0.15, 0.2) is 22.2 Å². The van der Waals surface area contributed by atoms with Crippen molar-refractivity contribution in [2.75, 3.05) is 18.5 Å². The maximum absolute atomic E-state index is 12.7. The molecule has 0 fully saturated rings. The molecule has 0 atom stereocenters. The third-order valence-electron chi connectivity index (χ3n) is 5.77. The molecule has 0 spiro atoms. The highest BCUT2D eigenvalue weighted by atomic mass is 32.1. The Kier molecular flexibility index (Phi) is 5.67. The lowest BCUT2D eigenvalue weighted by Gasteiger charge is -2.19. The van der Waals surface area contributed by atoms with Gasteiger partial charge in [-0.3, -0.25) is 10.1 Å². The van der Waals surface area contributed by atoms with Crippen LogP contribution < -0.4 is 20.1 Å². The molecule has 0 radical (unpaired) electrons. The second kappa shape index (κ2) is 8.79. The fraction of sp³-hybridized carbons (Fsp3) is 0.192. The minimum absolute atomic E-state index is 0.184. The Morgan fingerprint density at radius 1 is 0.912 bits per heavy atom. The summed E-state index contributed by atoms with van der Waals surface area (Å²) in [4.78, 5) is 17.3. The SMILES string of the molecule is Cc1cc2nc(-c3ccc(C)c(NC(=S)NC(=O)c4ccc5c(c4)OCCO5)c3)oc2cc1C. The molecule has 8 heteroatoms. The Balaban J connectivity index is 1.33. The van der Waals surface area contributed by atoms with Crippen LogP contribution in [0.25, 0.3) is 22.6 Å². The molecule has 34 heavy (non-hydrogen) atoms. The molecule has 172 valence electrons. The number of carbonyl (C=O) groups is 1. The number of benzene rings is 3. The molecule has 5 rings (SSSR count). The maximum Gasteiger partial charge on any atom is 0.257 e. The summed E-state index contributed by atoms with van der Waals surface area (Å²) in [6.45, 7) is 7.00. The van der Waals surface area contributed by atoms with Crippen molar-refractivity contribution in [3.8, 4) is 23.0 Å². The molecule has 2 heterocycles. The van der Waals surface area contributed by atoms with Gasteiger partial charge in [-0.25, -0.2) is 4.98 Å². The summed E-state index contributed by atoms with van der Waals surface area (Å²) < 4.78 is 17.0. The summed E-state index contributed by atoms with van der Waals surface area (Å²) in [5, 5.41) is 6.01. The number of oxazole rings is 1. The summed E-state index contributed by atoms with van der Waals surface area (Å²) in [6.07, 6.45) is 0. The van der Waals surface area contributed by atoms with Crippen molar-refractivity contribution >= 4 is 40.0 Å². The van der Waals surface area contributed by atoms with Gasteiger partial charge in [-0.2, -0.15) is 0 Å². The first-order valence-electron chi connectivity index (χ1n) is 10.9. The van der Waals surface area contributed by atoms with Crippen LogP contribution in [0.5, 0.6) is 11.5 Å². The van der Waals surface area contributed by atoms with E-state index in [1.807, 2.05) is 44.2 Å². The maximum atomic E-state index is 12.7. The van der Waals surface area contributed by atoms with Gasteiger partial charge in [0.1, 0.15) is 18.7 Å². The number of thiocarbonyl (C=S) groups is 1. The molecule has 1 aliphatic rings. The molecule has 0 unspecified atom stereocenters. The van der Waals surface area contributed by atoms with Crippen LogP contribution in [0.1, 0.15) is 27.0 Å². The number of aromatic nitrogens is 1. The molecule has 7 nitrogen and oxygen atoms in total. The van der Waals surface area contributed by atoms with E-state index in [0.29, 0.717) is 36.2 Å². The number of rotatable bonds is 3. The van der Waals surface area contributed by atoms with Gasteiger partial charge < -0.3 is 19.2 Å². The van der Waals surface area contributed by atoms with Crippen molar-refractivity contribution in [1.29, 1.82) is 0 Å². The molecule has 1 aromatic heterocycles. The summed E-state index contributed by atoms with van der Waals surface area (Å²) in [5.74, 6) is 1.35. The minimum atomic E-state index is -0.340. The standard InChI is InChI=1S/C26H23N3O4S/c1-14-4-5-18(25-27-20-10-15(2)16(3)11-22(20)33-25)12-19(14)28-26(34)29-24(30)17-6-7-21-23(13-17)32-9-8-31-21/h4-7,10-13H,8-9H2,1-3H3,(H2,28,29,30,34). The molecule has 0 bridgehead atoms. The van der Waals surface area contributed by atoms with Crippen LogP contribution in [-0.4, -0.2) is 29.2 Å². The Labute approximate surface area is 202 Å². The lowest BCUT2D eigenvalue weighted by atomic mass is 10.1. The normalized spacial score (nSPS) is 12.4. The number of nitrogens with one attached hydrogen (secondary N) is 2. The molecule has 0 saturated carbocycles. The largest absolute Gasteiger partial charge is 0.486 e. The average molecular weight is 474 g/mol. The van der Waals surface area contributed by atoms with E-state index >= 15 is 0 Å². The molecule has 4 aromatic rings. The third-order valence-corrected chi connectivity index (χ3v) is 5.97. The lowest BCUT2D eigenvalue weighted by molar-refractivity contribution is 0.0976. The smallest absolute Gasteiger partial charge is 0.257 e. The van der Waals surface area contributed by atoms with E-state index in [9.17, 15) is 4.79 Å². The Morgan fingerprint density at radius 3 is 2.50 bits per heavy atom. The van der Waals surface area contributed by atoms with Gasteiger partial charge >= 0.3 is 0 Å². The summed E-state index contributed by atoms with van der Waals surface area (Å²) in [5.41, 5.74) is 6.82. The first-order valence-corrected chi connectivity index (χ1v) is 11.3. The molecule has 3 aromatic carbocycles. The molecule has 1 aliphatic heterocycles. The third kappa shape index (κ3) is 4.32. The Morgan fingerprint density at radius 2 is 1.68 bits per heavy atom. The van der Waals surface area contributed by atoms with Crippen molar-refractivity contribution in [3.63, 3.8) is 0 Å². The highest BCUT2D eigenvalue weighted by molar-refractivity contribution is 7.80. The van der Waals surface area contributed by atoms with E-state index in [1.165, 1.54) is 0 Å². The summed E-state index contributed by atoms with van der Waals surface area (Å²) in [6, 6.07) is 14.9. The van der Waals surface area contributed by atoms with Gasteiger partial charge in [-0.1, -0.05) is 6.07 Å². The Bertz CT molecular complexity index is 1400. The number of nitrogens with zero attached hydrogens (tertiary/aromatic N) is 1. The lowest BCUT2D eigenvalue weighted by Crippen LogP contribution is -2.34. The fourth-order valence-electron chi connectivity index (χ4n) is 3.71. The molecule has 0 saturated heterocycles. The van der Waals surface area contributed by atoms with Crippen molar-refractivity contribution in [2.45, 2.75) is 20.8 Å². The molecular formula is C26H23N3O4S. The molecule has 2 N–H and O–H groups in total. The predicted molar refractivity (Wildman–Crippen MR) is 135 cm³/mol. The predicted octanol–water partition coefficient (Wildman–Crippen LogP) is 5.32. The van der Waals surface area contributed by atoms with Crippen LogP contribution in [0.15, 0.2) is 52.9 Å². The minimum Gasteiger partial charge on any atom is -0.486 e. The van der Waals surface area contributed by atoms with Crippen LogP contribution in [0.4, 0.5) is 5.69 Å². The van der Waals surface area contributed by atoms with Crippen molar-refractivity contribution in [2.24, 2.45) is 0 Å². The number of aryl methyl sites for hydroxylation is 3. The monoisotopic (exact) mass is 473 g/mol. The second-order valence-electron chi connectivity index (χ2n) is 8.22. The van der Waals surface area contributed by atoms with E-state index < -0.39 is 0 Å². The van der Waals surface area contributed by atoms with E-state index in [2.05, 4.69) is 22.5 Å². The van der Waals surface area contributed by atoms with Crippen molar-refractivity contribution < 1.29 is 18.7 Å². The quantitative estimate of drug-likeness (QED) is 0.390. The van der Waals surface area contributed by atoms with Gasteiger partial charge in [0.05, 0.1) is 0 Å². The van der Waals surface area contributed by atoms with Crippen LogP contribution in [0.2, 0.25) is 0 Å². The highest BCUT2D eigenvalue weighted by Crippen LogP contribution is 2.31. The van der Waals surface area contributed by atoms with E-state index in [1.54, 1.807) is 18.2 Å². The average Bonchev–Trinajstić information content (AvgIpc) is 3.23. The van der Waals surface area contributed by atoms with Gasteiger partial charge in [0.2, 0.25) is 5.89 Å². The number of anilines is 1. The van der Waals surface area contributed by atoms with Crippen LogP contribution in [0, 0.1) is 20.8 Å². The van der Waals surface area contributed by atoms with E-state index in [0.717, 1.165) is 39.0 Å². The van der Waals surface area contributed by atoms with Gasteiger partial charge in [0, 0.05) is 16.8 Å². The summed E-state index contributed by atoms with van der Waals surface area (Å²) in [7, 11) is 0. The van der Waals surface area contributed by atoms with Gasteiger partial charge in [0.25, 0.3) is 5.91 Å².